The van der Waals surface area contributed by atoms with Crippen molar-refractivity contribution in [1.82, 2.24) is 10.2 Å². The fourth-order valence-corrected chi connectivity index (χ4v) is 1.87. The lowest BCUT2D eigenvalue weighted by Gasteiger charge is -2.19. The van der Waals surface area contributed by atoms with Gasteiger partial charge in [-0.15, -0.1) is 0 Å². The normalized spacial score (nSPS) is 17.3. The van der Waals surface area contributed by atoms with E-state index in [2.05, 4.69) is 14.9 Å². The summed E-state index contributed by atoms with van der Waals surface area (Å²) >= 11 is 0. The topological polar surface area (TPSA) is 55.0 Å². The largest absolute Gasteiger partial charge is 0.448 e. The molecule has 106 valence electrons. The van der Waals surface area contributed by atoms with Crippen LogP contribution in [0.15, 0.2) is 6.07 Å². The first kappa shape index (κ1) is 13.9. The van der Waals surface area contributed by atoms with Crippen LogP contribution in [0.2, 0.25) is 0 Å². The Morgan fingerprint density at radius 1 is 1.58 bits per heavy atom. The van der Waals surface area contributed by atoms with E-state index >= 15 is 0 Å². The number of nitrogens with zero attached hydrogens (tertiary/aromatic N) is 1. The number of hydrogen-bond acceptors (Lipinski definition) is 3. The van der Waals surface area contributed by atoms with Gasteiger partial charge in [-0.25, -0.2) is 4.79 Å². The van der Waals surface area contributed by atoms with Crippen molar-refractivity contribution in [2.45, 2.75) is 44.9 Å². The summed E-state index contributed by atoms with van der Waals surface area (Å²) in [5.74, 6) is -1.62. The number of aromatic amines is 1. The summed E-state index contributed by atoms with van der Waals surface area (Å²) in [4.78, 5) is 11.6. The lowest BCUT2D eigenvalue weighted by atomic mass is 10.2. The first-order valence-corrected chi connectivity index (χ1v) is 6.23. The van der Waals surface area contributed by atoms with Crippen molar-refractivity contribution in [3.8, 4) is 0 Å². The van der Waals surface area contributed by atoms with E-state index in [4.69, 9.17) is 0 Å². The maximum absolute atomic E-state index is 12.7. The van der Waals surface area contributed by atoms with Crippen molar-refractivity contribution >= 4 is 5.97 Å². The zero-order chi connectivity index (χ0) is 14.0. The van der Waals surface area contributed by atoms with Crippen LogP contribution in [0.4, 0.5) is 13.2 Å². The van der Waals surface area contributed by atoms with Crippen LogP contribution >= 0.6 is 0 Å². The van der Waals surface area contributed by atoms with Crippen LogP contribution in [0, 0.1) is 5.92 Å². The molecule has 1 saturated carbocycles. The number of halogens is 3. The number of hydrogen-bond donors (Lipinski definition) is 1. The monoisotopic (exact) mass is 276 g/mol. The third kappa shape index (κ3) is 3.48. The van der Waals surface area contributed by atoms with E-state index in [9.17, 15) is 18.0 Å². The Kier molecular flexibility index (Phi) is 3.82. The van der Waals surface area contributed by atoms with Gasteiger partial charge in [-0.05, 0) is 25.3 Å². The summed E-state index contributed by atoms with van der Waals surface area (Å²) in [6.07, 6.45) is -4.10. The second-order valence-electron chi connectivity index (χ2n) is 4.73. The van der Waals surface area contributed by atoms with Gasteiger partial charge in [0.2, 0.25) is 0 Å². The van der Waals surface area contributed by atoms with Crippen molar-refractivity contribution in [1.29, 1.82) is 0 Å². The molecule has 1 aliphatic rings. The van der Waals surface area contributed by atoms with Crippen molar-refractivity contribution in [2.24, 2.45) is 5.92 Å². The van der Waals surface area contributed by atoms with E-state index < -0.39 is 24.2 Å². The first-order valence-electron chi connectivity index (χ1n) is 6.23. The van der Waals surface area contributed by atoms with Gasteiger partial charge in [-0.1, -0.05) is 13.3 Å². The molecule has 1 aliphatic carbocycles. The molecule has 1 heterocycles. The lowest BCUT2D eigenvalue weighted by molar-refractivity contribution is -0.210. The van der Waals surface area contributed by atoms with Crippen LogP contribution in [-0.2, 0) is 11.2 Å². The van der Waals surface area contributed by atoms with E-state index in [0.29, 0.717) is 25.0 Å². The molecule has 1 aromatic heterocycles. The molecule has 4 nitrogen and oxygen atoms in total. The quantitative estimate of drug-likeness (QED) is 0.841. The molecule has 1 atom stereocenters. The van der Waals surface area contributed by atoms with E-state index in [1.807, 2.05) is 6.92 Å². The molecule has 1 aromatic rings. The number of ether oxygens (including phenoxy) is 1. The van der Waals surface area contributed by atoms with Crippen molar-refractivity contribution in [3.63, 3.8) is 0 Å². The summed E-state index contributed by atoms with van der Waals surface area (Å²) < 4.78 is 42.7. The Hall–Kier alpha value is -1.53. The van der Waals surface area contributed by atoms with Crippen LogP contribution in [0.25, 0.3) is 0 Å². The van der Waals surface area contributed by atoms with E-state index in [1.165, 1.54) is 6.07 Å². The molecule has 1 N–H and O–H groups in total. The Bertz CT molecular complexity index is 452. The highest BCUT2D eigenvalue weighted by molar-refractivity contribution is 5.87. The summed E-state index contributed by atoms with van der Waals surface area (Å²) in [5, 5.41) is 6.30. The molecule has 0 radical (unpaired) electrons. The van der Waals surface area contributed by atoms with Crippen molar-refractivity contribution in [3.05, 3.63) is 17.5 Å². The number of aromatic nitrogens is 2. The van der Waals surface area contributed by atoms with E-state index in [-0.39, 0.29) is 5.69 Å². The number of carbonyl (C=O) groups excluding carboxylic acids is 1. The number of H-pyrrole nitrogens is 1. The van der Waals surface area contributed by atoms with Crippen LogP contribution in [0.3, 0.4) is 0 Å². The molecule has 0 saturated heterocycles. The molecular weight excluding hydrogens is 261 g/mol. The fraction of sp³-hybridized carbons (Fsp3) is 0.667. The third-order valence-corrected chi connectivity index (χ3v) is 2.97. The zero-order valence-electron chi connectivity index (χ0n) is 10.5. The molecule has 1 fully saturated rings. The minimum Gasteiger partial charge on any atom is -0.448 e. The second-order valence-corrected chi connectivity index (χ2v) is 4.73. The highest BCUT2D eigenvalue weighted by Crippen LogP contribution is 2.42. The van der Waals surface area contributed by atoms with Crippen LogP contribution in [0.1, 0.15) is 42.4 Å². The average molecular weight is 276 g/mol. The van der Waals surface area contributed by atoms with Crippen molar-refractivity contribution < 1.29 is 22.7 Å². The molecule has 0 bridgehead atoms. The van der Waals surface area contributed by atoms with Crippen LogP contribution in [0.5, 0.6) is 0 Å². The lowest BCUT2D eigenvalue weighted by Crippen LogP contribution is -2.35. The number of esters is 1. The molecular formula is C12H15F3N2O2. The SMILES string of the molecule is CCCc1cc(C(=O)O[C@H](C2CC2)C(F)(F)F)n[nH]1. The maximum atomic E-state index is 12.7. The standard InChI is InChI=1S/C12H15F3N2O2/c1-2-3-8-6-9(17-16-8)11(18)19-10(7-4-5-7)12(13,14)15/h6-7,10H,2-5H2,1H3,(H,16,17)/t10-/m1/s1. The van der Waals surface area contributed by atoms with Gasteiger partial charge in [0.1, 0.15) is 0 Å². The molecule has 0 aliphatic heterocycles. The second kappa shape index (κ2) is 5.22. The number of carbonyl (C=O) groups is 1. The predicted molar refractivity (Wildman–Crippen MR) is 60.6 cm³/mol. The smallest absolute Gasteiger partial charge is 0.425 e. The molecule has 0 unspecified atom stereocenters. The summed E-state index contributed by atoms with van der Waals surface area (Å²) in [6, 6.07) is 1.44. The van der Waals surface area contributed by atoms with Gasteiger partial charge < -0.3 is 4.74 Å². The third-order valence-electron chi connectivity index (χ3n) is 2.97. The van der Waals surface area contributed by atoms with Crippen molar-refractivity contribution in [2.75, 3.05) is 0 Å². The average Bonchev–Trinajstić information content (AvgIpc) is 3.04. The Balaban J connectivity index is 2.02. The fourth-order valence-electron chi connectivity index (χ4n) is 1.87. The number of alkyl halides is 3. The molecule has 0 spiro atoms. The summed E-state index contributed by atoms with van der Waals surface area (Å²) in [6.45, 7) is 1.95. The molecule has 0 aromatic carbocycles. The maximum Gasteiger partial charge on any atom is 0.425 e. The van der Waals surface area contributed by atoms with Crippen LogP contribution < -0.4 is 0 Å². The molecule has 7 heteroatoms. The highest BCUT2D eigenvalue weighted by atomic mass is 19.4. The van der Waals surface area contributed by atoms with Gasteiger partial charge in [0, 0.05) is 11.6 Å². The van der Waals surface area contributed by atoms with Gasteiger partial charge >= 0.3 is 12.1 Å². The Morgan fingerprint density at radius 3 is 2.79 bits per heavy atom. The Labute approximate surface area is 108 Å². The number of aryl methyl sites for hydroxylation is 1. The minimum atomic E-state index is -4.51. The summed E-state index contributed by atoms with van der Waals surface area (Å²) in [7, 11) is 0. The van der Waals surface area contributed by atoms with E-state index in [1.54, 1.807) is 0 Å². The molecule has 2 rings (SSSR count). The highest BCUT2D eigenvalue weighted by Gasteiger charge is 2.52. The molecule has 0 amide bonds. The first-order chi connectivity index (χ1) is 8.91. The number of nitrogens with one attached hydrogen (secondary N) is 1. The van der Waals surface area contributed by atoms with Gasteiger partial charge in [0.15, 0.2) is 11.8 Å². The minimum absolute atomic E-state index is 0.0987. The van der Waals surface area contributed by atoms with Crippen LogP contribution in [-0.4, -0.2) is 28.4 Å². The van der Waals surface area contributed by atoms with E-state index in [0.717, 1.165) is 6.42 Å². The van der Waals surface area contributed by atoms with Gasteiger partial charge in [0.05, 0.1) is 0 Å². The molecule has 19 heavy (non-hydrogen) atoms. The summed E-state index contributed by atoms with van der Waals surface area (Å²) in [5.41, 5.74) is 0.614. The van der Waals surface area contributed by atoms with Gasteiger partial charge in [0.25, 0.3) is 0 Å². The zero-order valence-corrected chi connectivity index (χ0v) is 10.5. The van der Waals surface area contributed by atoms with Gasteiger partial charge in [-0.2, -0.15) is 18.3 Å². The number of rotatable bonds is 5. The predicted octanol–water partition coefficient (Wildman–Crippen LogP) is 2.86. The van der Waals surface area contributed by atoms with Gasteiger partial charge in [-0.3, -0.25) is 5.10 Å². The Morgan fingerprint density at radius 2 is 2.26 bits per heavy atom.